The van der Waals surface area contributed by atoms with Crippen molar-refractivity contribution in [3.63, 3.8) is 0 Å². The molecule has 0 saturated heterocycles. The fourth-order valence-electron chi connectivity index (χ4n) is 6.60. The molecule has 0 heterocycles. The van der Waals surface area contributed by atoms with Crippen molar-refractivity contribution < 1.29 is 19.1 Å². The first-order chi connectivity index (χ1) is 25.4. The Morgan fingerprint density at radius 3 is 1.02 bits per heavy atom. The van der Waals surface area contributed by atoms with Crippen LogP contribution in [0.4, 0.5) is 21.0 Å². The molecule has 1 aromatic rings. The van der Waals surface area contributed by atoms with Crippen molar-refractivity contribution in [2.75, 3.05) is 51.3 Å². The van der Waals surface area contributed by atoms with Gasteiger partial charge in [-0.15, -0.1) is 0 Å². The molecule has 8 nitrogen and oxygen atoms in total. The van der Waals surface area contributed by atoms with Gasteiger partial charge in [-0.2, -0.15) is 0 Å². The summed E-state index contributed by atoms with van der Waals surface area (Å²) in [6.45, 7) is 6.84. The van der Waals surface area contributed by atoms with Crippen LogP contribution >= 0.6 is 0 Å². The lowest BCUT2D eigenvalue weighted by Crippen LogP contribution is -2.27. The van der Waals surface area contributed by atoms with E-state index in [4.69, 9.17) is 9.47 Å². The SMILES string of the molecule is CCCCCCCCCCCCCCCCN(C)COC(=O)Nc1cccc(NC(=O)OCN(C)CCCCCCCCCCCCCCCC)c1. The zero-order chi connectivity index (χ0) is 37.7. The van der Waals surface area contributed by atoms with E-state index < -0.39 is 12.2 Å². The van der Waals surface area contributed by atoms with Gasteiger partial charge in [0.1, 0.15) is 13.5 Å². The quantitative estimate of drug-likeness (QED) is 0.0528. The summed E-state index contributed by atoms with van der Waals surface area (Å²) in [5.74, 6) is 0. The predicted molar refractivity (Wildman–Crippen MR) is 222 cm³/mol. The zero-order valence-corrected chi connectivity index (χ0v) is 34.5. The molecule has 0 fully saturated rings. The highest BCUT2D eigenvalue weighted by Gasteiger charge is 2.09. The number of nitrogens with zero attached hydrogens (tertiary/aromatic N) is 2. The normalized spacial score (nSPS) is 11.3. The maximum atomic E-state index is 12.4. The number of benzene rings is 1. The van der Waals surface area contributed by atoms with Crippen molar-refractivity contribution in [2.24, 2.45) is 0 Å². The van der Waals surface area contributed by atoms with Gasteiger partial charge in [0, 0.05) is 24.5 Å². The second-order valence-corrected chi connectivity index (χ2v) is 15.3. The van der Waals surface area contributed by atoms with Crippen LogP contribution in [0.3, 0.4) is 0 Å². The van der Waals surface area contributed by atoms with Crippen LogP contribution in [0.5, 0.6) is 0 Å². The highest BCUT2D eigenvalue weighted by atomic mass is 16.6. The number of unbranched alkanes of at least 4 members (excludes halogenated alkanes) is 26. The van der Waals surface area contributed by atoms with E-state index in [9.17, 15) is 9.59 Å². The number of ether oxygens (including phenoxy) is 2. The molecule has 1 aromatic carbocycles. The van der Waals surface area contributed by atoms with Crippen LogP contribution in [0.15, 0.2) is 24.3 Å². The Morgan fingerprint density at radius 1 is 0.462 bits per heavy atom. The van der Waals surface area contributed by atoms with Crippen molar-refractivity contribution in [3.05, 3.63) is 24.3 Å². The summed E-state index contributed by atoms with van der Waals surface area (Å²) in [5.41, 5.74) is 1.10. The van der Waals surface area contributed by atoms with E-state index in [1.807, 2.05) is 23.9 Å². The average Bonchev–Trinajstić information content (AvgIpc) is 3.13. The molecule has 0 bridgehead atoms. The van der Waals surface area contributed by atoms with Crippen molar-refractivity contribution in [1.29, 1.82) is 0 Å². The molecule has 0 aromatic heterocycles. The molecule has 0 aliphatic rings. The summed E-state index contributed by atoms with van der Waals surface area (Å²) in [6.07, 6.45) is 36.6. The molecule has 8 heteroatoms. The van der Waals surface area contributed by atoms with Gasteiger partial charge in [-0.05, 0) is 45.1 Å². The van der Waals surface area contributed by atoms with Gasteiger partial charge < -0.3 is 9.47 Å². The Kier molecular flexibility index (Phi) is 32.7. The molecule has 0 spiro atoms. The molecule has 0 saturated carbocycles. The molecule has 52 heavy (non-hydrogen) atoms. The third kappa shape index (κ3) is 31.2. The lowest BCUT2D eigenvalue weighted by Gasteiger charge is -2.17. The van der Waals surface area contributed by atoms with Gasteiger partial charge in [-0.1, -0.05) is 187 Å². The lowest BCUT2D eigenvalue weighted by molar-refractivity contribution is 0.0919. The monoisotopic (exact) mass is 731 g/mol. The number of carbonyl (C=O) groups is 2. The Balaban J connectivity index is 2.03. The smallest absolute Gasteiger partial charge is 0.412 e. The third-order valence-electron chi connectivity index (χ3n) is 9.97. The van der Waals surface area contributed by atoms with Crippen molar-refractivity contribution in [1.82, 2.24) is 9.80 Å². The highest BCUT2D eigenvalue weighted by Crippen LogP contribution is 2.17. The number of carbonyl (C=O) groups excluding carboxylic acids is 2. The van der Waals surface area contributed by atoms with E-state index in [0.29, 0.717) is 11.4 Å². The van der Waals surface area contributed by atoms with E-state index in [1.165, 1.54) is 167 Å². The minimum Gasteiger partial charge on any atom is -0.433 e. The van der Waals surface area contributed by atoms with Gasteiger partial charge >= 0.3 is 12.2 Å². The topological polar surface area (TPSA) is 83.1 Å². The first-order valence-electron chi connectivity index (χ1n) is 21.8. The van der Waals surface area contributed by atoms with Crippen LogP contribution in [0.25, 0.3) is 0 Å². The molecule has 2 amide bonds. The molecule has 0 aliphatic heterocycles. The first-order valence-corrected chi connectivity index (χ1v) is 21.8. The minimum absolute atomic E-state index is 0.238. The molecular weight excluding hydrogens is 649 g/mol. The number of anilines is 2. The van der Waals surface area contributed by atoms with Crippen molar-refractivity contribution in [2.45, 2.75) is 194 Å². The summed E-state index contributed by atoms with van der Waals surface area (Å²) in [6, 6.07) is 6.99. The average molecular weight is 731 g/mol. The van der Waals surface area contributed by atoms with E-state index in [0.717, 1.165) is 25.9 Å². The Labute approximate surface area is 320 Å². The van der Waals surface area contributed by atoms with Crippen molar-refractivity contribution >= 4 is 23.6 Å². The summed E-state index contributed by atoms with van der Waals surface area (Å²) in [5, 5.41) is 5.51. The Morgan fingerprint density at radius 2 is 0.731 bits per heavy atom. The van der Waals surface area contributed by atoms with E-state index in [-0.39, 0.29) is 13.5 Å². The van der Waals surface area contributed by atoms with Gasteiger partial charge in [0.05, 0.1) is 0 Å². The Bertz CT molecular complexity index is 891. The third-order valence-corrected chi connectivity index (χ3v) is 9.97. The van der Waals surface area contributed by atoms with Gasteiger partial charge in [0.15, 0.2) is 0 Å². The van der Waals surface area contributed by atoms with Crippen molar-refractivity contribution in [3.8, 4) is 0 Å². The zero-order valence-electron chi connectivity index (χ0n) is 34.5. The number of amides is 2. The molecule has 302 valence electrons. The van der Waals surface area contributed by atoms with Gasteiger partial charge in [0.25, 0.3) is 0 Å². The molecule has 0 aliphatic carbocycles. The number of hydrogen-bond acceptors (Lipinski definition) is 6. The first kappa shape index (κ1) is 47.7. The fourth-order valence-corrected chi connectivity index (χ4v) is 6.60. The summed E-state index contributed by atoms with van der Waals surface area (Å²) in [7, 11) is 3.95. The van der Waals surface area contributed by atoms with Crippen LogP contribution in [0, 0.1) is 0 Å². The summed E-state index contributed by atoms with van der Waals surface area (Å²) in [4.78, 5) is 28.9. The Hall–Kier alpha value is -2.32. The van der Waals surface area contributed by atoms with E-state index in [2.05, 4.69) is 24.5 Å². The molecule has 0 unspecified atom stereocenters. The molecule has 0 atom stereocenters. The molecular formula is C44H82N4O4. The van der Waals surface area contributed by atoms with Crippen LogP contribution < -0.4 is 10.6 Å². The highest BCUT2D eigenvalue weighted by molar-refractivity contribution is 5.88. The molecule has 1 rings (SSSR count). The number of rotatable bonds is 36. The summed E-state index contributed by atoms with van der Waals surface area (Å²) >= 11 is 0. The van der Waals surface area contributed by atoms with Gasteiger partial charge in [-0.25, -0.2) is 9.59 Å². The second-order valence-electron chi connectivity index (χ2n) is 15.3. The fraction of sp³-hybridized carbons (Fsp3) is 0.818. The van der Waals surface area contributed by atoms with Gasteiger partial charge in [0.2, 0.25) is 0 Å². The molecule has 2 N–H and O–H groups in total. The lowest BCUT2D eigenvalue weighted by atomic mass is 10.0. The standard InChI is InChI=1S/C44H82N4O4/c1-5-7-9-11-13-15-17-19-21-23-25-27-29-31-36-47(3)39-51-43(49)45-41-34-33-35-42(38-41)46-44(50)52-40-48(4)37-32-30-28-26-24-22-20-18-16-14-12-10-8-6-2/h33-35,38H,5-32,36-37,39-40H2,1-4H3,(H,45,49)(H,46,50). The molecule has 0 radical (unpaired) electrons. The summed E-state index contributed by atoms with van der Waals surface area (Å²) < 4.78 is 10.8. The van der Waals surface area contributed by atoms with E-state index in [1.54, 1.807) is 24.3 Å². The van der Waals surface area contributed by atoms with Crippen LogP contribution in [-0.4, -0.2) is 62.6 Å². The van der Waals surface area contributed by atoms with Crippen LogP contribution in [0.1, 0.15) is 194 Å². The predicted octanol–water partition coefficient (Wildman–Crippen LogP) is 13.5. The number of hydrogen-bond donors (Lipinski definition) is 2. The van der Waals surface area contributed by atoms with E-state index >= 15 is 0 Å². The maximum absolute atomic E-state index is 12.4. The van der Waals surface area contributed by atoms with Gasteiger partial charge in [-0.3, -0.25) is 20.4 Å². The second kappa shape index (κ2) is 35.7. The van der Waals surface area contributed by atoms with Crippen LogP contribution in [0.2, 0.25) is 0 Å². The largest absolute Gasteiger partial charge is 0.433 e. The van der Waals surface area contributed by atoms with Crippen LogP contribution in [-0.2, 0) is 9.47 Å². The maximum Gasteiger partial charge on any atom is 0.412 e. The number of nitrogens with one attached hydrogen (secondary N) is 2. The minimum atomic E-state index is -0.516.